The monoisotopic (exact) mass is 325 g/mol. The van der Waals surface area contributed by atoms with Crippen LogP contribution in [0.5, 0.6) is 11.5 Å². The molecule has 0 aliphatic heterocycles. The van der Waals surface area contributed by atoms with E-state index in [1.165, 1.54) is 12.1 Å². The summed E-state index contributed by atoms with van der Waals surface area (Å²) in [5.41, 5.74) is 1.32. The normalized spacial score (nSPS) is 13.1. The summed E-state index contributed by atoms with van der Waals surface area (Å²) >= 11 is 0. The molecule has 3 nitrogen and oxygen atoms in total. The number of phenolic OH excluding ortho intramolecular Hbond substituents is 1. The lowest BCUT2D eigenvalue weighted by molar-refractivity contribution is -0.275. The number of halogens is 3. The molecule has 0 spiro atoms. The van der Waals surface area contributed by atoms with Gasteiger partial charge < -0.3 is 9.84 Å². The number of nitrogens with zero attached hydrogens (tertiary/aromatic N) is 1. The quantitative estimate of drug-likeness (QED) is 0.879. The number of para-hydroxylation sites is 1. The van der Waals surface area contributed by atoms with Crippen molar-refractivity contribution in [1.82, 2.24) is 4.90 Å². The predicted molar refractivity (Wildman–Crippen MR) is 81.1 cm³/mol. The van der Waals surface area contributed by atoms with E-state index < -0.39 is 6.36 Å². The Morgan fingerprint density at radius 3 is 2.48 bits per heavy atom. The zero-order chi connectivity index (χ0) is 17.0. The molecule has 0 amide bonds. The second-order valence-electron chi connectivity index (χ2n) is 5.34. The maximum atomic E-state index is 12.5. The lowest BCUT2D eigenvalue weighted by Crippen LogP contribution is -2.23. The molecule has 1 unspecified atom stereocenters. The van der Waals surface area contributed by atoms with E-state index in [9.17, 15) is 18.3 Å². The van der Waals surface area contributed by atoms with Gasteiger partial charge in [0.15, 0.2) is 0 Å². The summed E-state index contributed by atoms with van der Waals surface area (Å²) in [6.07, 6.45) is -4.72. The predicted octanol–water partition coefficient (Wildman–Crippen LogP) is 4.48. The van der Waals surface area contributed by atoms with Crippen LogP contribution in [0, 0.1) is 0 Å². The Balaban J connectivity index is 2.15. The summed E-state index contributed by atoms with van der Waals surface area (Å²) < 4.78 is 41.5. The molecule has 0 bridgehead atoms. The summed E-state index contributed by atoms with van der Waals surface area (Å²) in [7, 11) is 1.80. The third-order valence-electron chi connectivity index (χ3n) is 3.63. The molecule has 0 heterocycles. The topological polar surface area (TPSA) is 32.7 Å². The minimum atomic E-state index is -4.72. The highest BCUT2D eigenvalue weighted by Crippen LogP contribution is 2.29. The molecular formula is C17H18F3NO2. The molecule has 0 aliphatic rings. The van der Waals surface area contributed by atoms with Crippen molar-refractivity contribution in [3.05, 3.63) is 59.7 Å². The van der Waals surface area contributed by atoms with E-state index >= 15 is 0 Å². The Hall–Kier alpha value is -2.21. The molecule has 2 aromatic carbocycles. The van der Waals surface area contributed by atoms with Gasteiger partial charge in [-0.3, -0.25) is 4.90 Å². The number of alkyl halides is 3. The molecule has 0 fully saturated rings. The Bertz CT molecular complexity index is 658. The van der Waals surface area contributed by atoms with Gasteiger partial charge in [-0.05, 0) is 37.7 Å². The van der Waals surface area contributed by atoms with Crippen LogP contribution in [0.4, 0.5) is 13.2 Å². The number of hydrogen-bond acceptors (Lipinski definition) is 3. The fourth-order valence-corrected chi connectivity index (χ4v) is 2.30. The number of phenols is 1. The zero-order valence-electron chi connectivity index (χ0n) is 12.8. The van der Waals surface area contributed by atoms with Crippen molar-refractivity contribution in [2.75, 3.05) is 7.05 Å². The molecule has 0 radical (unpaired) electrons. The second kappa shape index (κ2) is 6.91. The van der Waals surface area contributed by atoms with Crippen molar-refractivity contribution in [2.24, 2.45) is 0 Å². The van der Waals surface area contributed by atoms with E-state index in [1.807, 2.05) is 17.9 Å². The molecule has 1 N–H and O–H groups in total. The van der Waals surface area contributed by atoms with Gasteiger partial charge >= 0.3 is 6.36 Å². The third-order valence-corrected chi connectivity index (χ3v) is 3.63. The van der Waals surface area contributed by atoms with Crippen LogP contribution >= 0.6 is 0 Å². The molecule has 2 aromatic rings. The van der Waals surface area contributed by atoms with E-state index in [1.54, 1.807) is 37.4 Å². The van der Waals surface area contributed by atoms with Crippen LogP contribution in [0.1, 0.15) is 24.1 Å². The Morgan fingerprint density at radius 1 is 1.13 bits per heavy atom. The minimum Gasteiger partial charge on any atom is -0.508 e. The van der Waals surface area contributed by atoms with Gasteiger partial charge in [-0.1, -0.05) is 30.3 Å². The highest BCUT2D eigenvalue weighted by atomic mass is 19.4. The largest absolute Gasteiger partial charge is 0.573 e. The average Bonchev–Trinajstić information content (AvgIpc) is 2.47. The summed E-state index contributed by atoms with van der Waals surface area (Å²) in [5.74, 6) is -0.0430. The van der Waals surface area contributed by atoms with E-state index in [2.05, 4.69) is 4.74 Å². The number of rotatable bonds is 5. The van der Waals surface area contributed by atoms with Gasteiger partial charge in [-0.25, -0.2) is 0 Å². The number of ether oxygens (including phenoxy) is 1. The molecule has 0 aromatic heterocycles. The van der Waals surface area contributed by atoms with E-state index in [-0.39, 0.29) is 24.1 Å². The van der Waals surface area contributed by atoms with Gasteiger partial charge in [0.1, 0.15) is 11.5 Å². The fraction of sp³-hybridized carbons (Fsp3) is 0.294. The van der Waals surface area contributed by atoms with Crippen molar-refractivity contribution < 1.29 is 23.0 Å². The van der Waals surface area contributed by atoms with Crippen LogP contribution in [0.3, 0.4) is 0 Å². The minimum absolute atomic E-state index is 0.0824. The molecule has 1 atom stereocenters. The standard InChI is InChI=1S/C17H18F3NO2/c1-12(13-7-5-8-15(22)10-13)21(2)11-14-6-3-4-9-16(14)23-17(18,19)20/h3-10,12,22H,11H2,1-2H3. The van der Waals surface area contributed by atoms with Gasteiger partial charge in [-0.2, -0.15) is 0 Å². The summed E-state index contributed by atoms with van der Waals surface area (Å²) in [4.78, 5) is 1.88. The number of hydrogen-bond donors (Lipinski definition) is 1. The van der Waals surface area contributed by atoms with Crippen LogP contribution in [0.2, 0.25) is 0 Å². The Labute approximate surface area is 132 Å². The van der Waals surface area contributed by atoms with E-state index in [0.29, 0.717) is 5.56 Å². The van der Waals surface area contributed by atoms with Crippen molar-refractivity contribution in [1.29, 1.82) is 0 Å². The number of benzene rings is 2. The van der Waals surface area contributed by atoms with Crippen LogP contribution in [-0.2, 0) is 6.54 Å². The smallest absolute Gasteiger partial charge is 0.508 e. The maximum Gasteiger partial charge on any atom is 0.573 e. The van der Waals surface area contributed by atoms with Crippen molar-refractivity contribution in [3.63, 3.8) is 0 Å². The SMILES string of the molecule is CC(c1cccc(O)c1)N(C)Cc1ccccc1OC(F)(F)F. The first kappa shape index (κ1) is 17.1. The van der Waals surface area contributed by atoms with Crippen molar-refractivity contribution >= 4 is 0 Å². The van der Waals surface area contributed by atoms with Crippen LogP contribution in [-0.4, -0.2) is 23.4 Å². The molecular weight excluding hydrogens is 307 g/mol. The average molecular weight is 325 g/mol. The highest BCUT2D eigenvalue weighted by Gasteiger charge is 2.32. The van der Waals surface area contributed by atoms with Gasteiger partial charge in [0.2, 0.25) is 0 Å². The van der Waals surface area contributed by atoms with Gasteiger partial charge in [0, 0.05) is 18.2 Å². The molecule has 0 aliphatic carbocycles. The summed E-state index contributed by atoms with van der Waals surface area (Å²) in [6, 6.07) is 12.8. The van der Waals surface area contributed by atoms with Gasteiger partial charge in [-0.15, -0.1) is 13.2 Å². The summed E-state index contributed by atoms with van der Waals surface area (Å²) in [6.45, 7) is 2.20. The maximum absolute atomic E-state index is 12.5. The lowest BCUT2D eigenvalue weighted by Gasteiger charge is -2.26. The van der Waals surface area contributed by atoms with Gasteiger partial charge in [0.25, 0.3) is 0 Å². The molecule has 0 saturated heterocycles. The van der Waals surface area contributed by atoms with Crippen LogP contribution in [0.25, 0.3) is 0 Å². The molecule has 23 heavy (non-hydrogen) atoms. The molecule has 124 valence electrons. The van der Waals surface area contributed by atoms with Crippen molar-refractivity contribution in [2.45, 2.75) is 25.9 Å². The van der Waals surface area contributed by atoms with E-state index in [0.717, 1.165) is 5.56 Å². The lowest BCUT2D eigenvalue weighted by atomic mass is 10.1. The zero-order valence-corrected chi connectivity index (χ0v) is 12.8. The van der Waals surface area contributed by atoms with Crippen LogP contribution in [0.15, 0.2) is 48.5 Å². The Morgan fingerprint density at radius 2 is 1.83 bits per heavy atom. The number of aromatic hydroxyl groups is 1. The summed E-state index contributed by atoms with van der Waals surface area (Å²) in [5, 5.41) is 9.54. The third kappa shape index (κ3) is 4.89. The first-order valence-corrected chi connectivity index (χ1v) is 7.09. The molecule has 6 heteroatoms. The van der Waals surface area contributed by atoms with Crippen LogP contribution < -0.4 is 4.74 Å². The van der Waals surface area contributed by atoms with E-state index in [4.69, 9.17) is 0 Å². The van der Waals surface area contributed by atoms with Crippen molar-refractivity contribution in [3.8, 4) is 11.5 Å². The molecule has 2 rings (SSSR count). The fourth-order valence-electron chi connectivity index (χ4n) is 2.30. The second-order valence-corrected chi connectivity index (χ2v) is 5.34. The molecule has 0 saturated carbocycles. The first-order chi connectivity index (χ1) is 10.8. The Kier molecular flexibility index (Phi) is 5.15. The highest BCUT2D eigenvalue weighted by molar-refractivity contribution is 5.34. The first-order valence-electron chi connectivity index (χ1n) is 7.09. The van der Waals surface area contributed by atoms with Gasteiger partial charge in [0.05, 0.1) is 0 Å².